The number of benzene rings is 2. The van der Waals surface area contributed by atoms with Gasteiger partial charge in [-0.25, -0.2) is 4.68 Å². The quantitative estimate of drug-likeness (QED) is 0.286. The molecule has 33 heavy (non-hydrogen) atoms. The fourth-order valence-corrected chi connectivity index (χ4v) is 4.76. The standard InChI is InChI=1S/C26H27N3O2S2/c1-4-14-28-25(30)23(33-26(28)32)15-20-16-29(21-8-6-5-7-9-21)27-24(20)19-10-12-22(13-11-19)31-17-18(2)3/h5-13,15-16,18H,4,14,17H2,1-3H3/b23-15-. The Morgan fingerprint density at radius 1 is 1.12 bits per heavy atom. The van der Waals surface area contributed by atoms with Crippen LogP contribution in [0.5, 0.6) is 5.75 Å². The Kier molecular flexibility index (Phi) is 7.30. The van der Waals surface area contributed by atoms with E-state index in [1.54, 1.807) is 4.90 Å². The fraction of sp³-hybridized carbons (Fsp3) is 0.269. The first-order valence-corrected chi connectivity index (χ1v) is 12.3. The molecule has 4 rings (SSSR count). The molecule has 0 unspecified atom stereocenters. The average Bonchev–Trinajstić information content (AvgIpc) is 3.35. The molecule has 1 aliphatic heterocycles. The van der Waals surface area contributed by atoms with Gasteiger partial charge in [0.1, 0.15) is 10.1 Å². The highest BCUT2D eigenvalue weighted by molar-refractivity contribution is 8.26. The third kappa shape index (κ3) is 5.37. The minimum Gasteiger partial charge on any atom is -0.493 e. The lowest BCUT2D eigenvalue weighted by Crippen LogP contribution is -2.28. The van der Waals surface area contributed by atoms with Crippen LogP contribution in [0.1, 0.15) is 32.8 Å². The third-order valence-corrected chi connectivity index (χ3v) is 6.46. The Morgan fingerprint density at radius 3 is 2.52 bits per heavy atom. The Labute approximate surface area is 204 Å². The molecular weight excluding hydrogens is 450 g/mol. The van der Waals surface area contributed by atoms with Crippen molar-refractivity contribution in [3.8, 4) is 22.7 Å². The van der Waals surface area contributed by atoms with E-state index in [0.29, 0.717) is 28.3 Å². The fourth-order valence-electron chi connectivity index (χ4n) is 3.46. The first-order valence-electron chi connectivity index (χ1n) is 11.1. The van der Waals surface area contributed by atoms with Gasteiger partial charge in [-0.1, -0.05) is 63.0 Å². The molecule has 0 spiro atoms. The number of thiocarbonyl (C=S) groups is 1. The van der Waals surface area contributed by atoms with E-state index in [-0.39, 0.29) is 5.91 Å². The van der Waals surface area contributed by atoms with Crippen LogP contribution in [0.25, 0.3) is 23.0 Å². The summed E-state index contributed by atoms with van der Waals surface area (Å²) in [5, 5.41) is 4.86. The Morgan fingerprint density at radius 2 is 1.85 bits per heavy atom. The predicted octanol–water partition coefficient (Wildman–Crippen LogP) is 6.19. The maximum absolute atomic E-state index is 12.9. The molecule has 2 aromatic carbocycles. The van der Waals surface area contributed by atoms with Crippen molar-refractivity contribution >= 4 is 40.3 Å². The zero-order valence-corrected chi connectivity index (χ0v) is 20.7. The number of amides is 1. The van der Waals surface area contributed by atoms with Gasteiger partial charge in [-0.05, 0) is 54.8 Å². The summed E-state index contributed by atoms with van der Waals surface area (Å²) < 4.78 is 8.28. The lowest BCUT2D eigenvalue weighted by Gasteiger charge is -2.11. The van der Waals surface area contributed by atoms with Crippen molar-refractivity contribution in [1.82, 2.24) is 14.7 Å². The van der Waals surface area contributed by atoms with Gasteiger partial charge in [0.2, 0.25) is 0 Å². The van der Waals surface area contributed by atoms with Crippen molar-refractivity contribution in [1.29, 1.82) is 0 Å². The highest BCUT2D eigenvalue weighted by Gasteiger charge is 2.31. The maximum atomic E-state index is 12.9. The second-order valence-electron chi connectivity index (χ2n) is 8.28. The van der Waals surface area contributed by atoms with Crippen LogP contribution in [0, 0.1) is 5.92 Å². The molecule has 7 heteroatoms. The van der Waals surface area contributed by atoms with Crippen molar-refractivity contribution in [2.45, 2.75) is 27.2 Å². The third-order valence-electron chi connectivity index (χ3n) is 5.08. The van der Waals surface area contributed by atoms with E-state index in [1.807, 2.05) is 78.5 Å². The number of thioether (sulfide) groups is 1. The Bertz CT molecular complexity index is 1170. The minimum absolute atomic E-state index is 0.0392. The molecule has 2 heterocycles. The number of rotatable bonds is 8. The number of carbonyl (C=O) groups excluding carboxylic acids is 1. The zero-order chi connectivity index (χ0) is 23.4. The molecule has 0 atom stereocenters. The molecule has 0 bridgehead atoms. The van der Waals surface area contributed by atoms with Gasteiger partial charge in [0.15, 0.2) is 0 Å². The molecule has 1 fully saturated rings. The molecule has 170 valence electrons. The number of nitrogens with zero attached hydrogens (tertiary/aromatic N) is 3. The molecular formula is C26H27N3O2S2. The van der Waals surface area contributed by atoms with Crippen LogP contribution >= 0.6 is 24.0 Å². The van der Waals surface area contributed by atoms with Crippen LogP contribution in [0.3, 0.4) is 0 Å². The first-order chi connectivity index (χ1) is 16.0. The summed E-state index contributed by atoms with van der Waals surface area (Å²) in [6.45, 7) is 7.60. The predicted molar refractivity (Wildman–Crippen MR) is 140 cm³/mol. The van der Waals surface area contributed by atoms with Crippen molar-refractivity contribution in [2.75, 3.05) is 13.2 Å². The average molecular weight is 478 g/mol. The van der Waals surface area contributed by atoms with Crippen LogP contribution in [0.15, 0.2) is 65.7 Å². The van der Waals surface area contributed by atoms with E-state index in [4.69, 9.17) is 22.1 Å². The SMILES string of the molecule is CCCN1C(=O)/C(=C/c2cn(-c3ccccc3)nc2-c2ccc(OCC(C)C)cc2)SC1=S. The topological polar surface area (TPSA) is 47.4 Å². The molecule has 5 nitrogen and oxygen atoms in total. The highest BCUT2D eigenvalue weighted by atomic mass is 32.2. The van der Waals surface area contributed by atoms with Gasteiger partial charge in [0, 0.05) is 23.9 Å². The summed E-state index contributed by atoms with van der Waals surface area (Å²) in [5.41, 5.74) is 3.58. The lowest BCUT2D eigenvalue weighted by atomic mass is 10.1. The monoisotopic (exact) mass is 477 g/mol. The molecule has 1 aliphatic rings. The molecule has 1 aromatic heterocycles. The number of ether oxygens (including phenoxy) is 1. The molecule has 0 N–H and O–H groups in total. The van der Waals surface area contributed by atoms with Crippen LogP contribution in [-0.4, -0.2) is 38.1 Å². The highest BCUT2D eigenvalue weighted by Crippen LogP contribution is 2.35. The summed E-state index contributed by atoms with van der Waals surface area (Å²) in [5.74, 6) is 1.25. The van der Waals surface area contributed by atoms with Gasteiger partial charge in [-0.15, -0.1) is 0 Å². The van der Waals surface area contributed by atoms with Gasteiger partial charge in [-0.2, -0.15) is 5.10 Å². The zero-order valence-electron chi connectivity index (χ0n) is 19.0. The van der Waals surface area contributed by atoms with E-state index in [1.165, 1.54) is 11.8 Å². The number of aromatic nitrogens is 2. The summed E-state index contributed by atoms with van der Waals surface area (Å²) in [6, 6.07) is 17.9. The van der Waals surface area contributed by atoms with E-state index < -0.39 is 0 Å². The van der Waals surface area contributed by atoms with Crippen molar-refractivity contribution in [3.63, 3.8) is 0 Å². The summed E-state index contributed by atoms with van der Waals surface area (Å²) in [6.07, 6.45) is 4.72. The first kappa shape index (κ1) is 23.3. The molecule has 1 saturated heterocycles. The van der Waals surface area contributed by atoms with Gasteiger partial charge in [0.25, 0.3) is 5.91 Å². The maximum Gasteiger partial charge on any atom is 0.266 e. The summed E-state index contributed by atoms with van der Waals surface area (Å²) >= 11 is 6.78. The number of para-hydroxylation sites is 1. The second-order valence-corrected chi connectivity index (χ2v) is 9.95. The number of hydrogen-bond acceptors (Lipinski definition) is 5. The number of carbonyl (C=O) groups is 1. The number of hydrogen-bond donors (Lipinski definition) is 0. The van der Waals surface area contributed by atoms with Gasteiger partial charge >= 0.3 is 0 Å². The van der Waals surface area contributed by atoms with Crippen molar-refractivity contribution in [3.05, 3.63) is 71.3 Å². The van der Waals surface area contributed by atoms with Crippen molar-refractivity contribution in [2.24, 2.45) is 5.92 Å². The van der Waals surface area contributed by atoms with Crippen LogP contribution in [0.2, 0.25) is 0 Å². The second kappa shape index (κ2) is 10.4. The van der Waals surface area contributed by atoms with Crippen LogP contribution in [-0.2, 0) is 4.79 Å². The van der Waals surface area contributed by atoms with Crippen LogP contribution in [0.4, 0.5) is 0 Å². The van der Waals surface area contributed by atoms with E-state index in [2.05, 4.69) is 13.8 Å². The summed E-state index contributed by atoms with van der Waals surface area (Å²) in [7, 11) is 0. The lowest BCUT2D eigenvalue weighted by molar-refractivity contribution is -0.122. The molecule has 0 saturated carbocycles. The van der Waals surface area contributed by atoms with Crippen LogP contribution < -0.4 is 4.74 Å². The normalized spacial score (nSPS) is 15.2. The van der Waals surface area contributed by atoms with E-state index in [0.717, 1.165) is 34.7 Å². The van der Waals surface area contributed by atoms with Gasteiger partial charge < -0.3 is 4.74 Å². The van der Waals surface area contributed by atoms with Crippen molar-refractivity contribution < 1.29 is 9.53 Å². The van der Waals surface area contributed by atoms with Gasteiger partial charge in [-0.3, -0.25) is 9.69 Å². The van der Waals surface area contributed by atoms with Gasteiger partial charge in [0.05, 0.1) is 22.9 Å². The Hall–Kier alpha value is -2.90. The molecule has 0 aliphatic carbocycles. The molecule has 3 aromatic rings. The van der Waals surface area contributed by atoms with E-state index in [9.17, 15) is 4.79 Å². The minimum atomic E-state index is -0.0392. The summed E-state index contributed by atoms with van der Waals surface area (Å²) in [4.78, 5) is 15.2. The Balaban J connectivity index is 1.71. The molecule has 1 amide bonds. The smallest absolute Gasteiger partial charge is 0.266 e. The molecule has 0 radical (unpaired) electrons. The largest absolute Gasteiger partial charge is 0.493 e. The van der Waals surface area contributed by atoms with E-state index >= 15 is 0 Å².